The molecule has 1 saturated carbocycles. The maximum Gasteiger partial charge on any atom is 0.225 e. The first kappa shape index (κ1) is 17.9. The summed E-state index contributed by atoms with van der Waals surface area (Å²) in [4.78, 5) is 27.9. The molecule has 2 aliphatic heterocycles. The van der Waals surface area contributed by atoms with Crippen LogP contribution in [-0.4, -0.2) is 71.4 Å². The minimum absolute atomic E-state index is 0.315. The topological polar surface area (TPSA) is 52.6 Å². The Hall–Kier alpha value is -1.53. The predicted molar refractivity (Wildman–Crippen MR) is 102 cm³/mol. The maximum atomic E-state index is 11.3. The lowest BCUT2D eigenvalue weighted by Gasteiger charge is -2.39. The van der Waals surface area contributed by atoms with E-state index in [9.17, 15) is 4.79 Å². The molecular formula is C20H31N5O. The third-order valence-electron chi connectivity index (χ3n) is 6.42. The summed E-state index contributed by atoms with van der Waals surface area (Å²) in [6.45, 7) is 5.88. The molecule has 6 nitrogen and oxygen atoms in total. The molecule has 0 N–H and O–H groups in total. The van der Waals surface area contributed by atoms with Crippen LogP contribution in [0.2, 0.25) is 0 Å². The SMILES string of the molecule is CC(=O)[C@H]1C[C@@H](CN(C)Cc2cnc(N3C4CCC3CN(C)C4)nc2)C1. The molecule has 142 valence electrons. The van der Waals surface area contributed by atoms with Crippen molar-refractivity contribution in [3.8, 4) is 0 Å². The number of hydrogen-bond acceptors (Lipinski definition) is 6. The van der Waals surface area contributed by atoms with Gasteiger partial charge in [-0.05, 0) is 52.6 Å². The monoisotopic (exact) mass is 357 g/mol. The van der Waals surface area contributed by atoms with Gasteiger partial charge < -0.3 is 14.7 Å². The third kappa shape index (κ3) is 3.62. The maximum absolute atomic E-state index is 11.3. The van der Waals surface area contributed by atoms with Crippen molar-refractivity contribution >= 4 is 11.7 Å². The number of ketones is 1. The molecule has 2 atom stereocenters. The molecule has 2 bridgehead atoms. The van der Waals surface area contributed by atoms with E-state index >= 15 is 0 Å². The molecule has 3 heterocycles. The summed E-state index contributed by atoms with van der Waals surface area (Å²) < 4.78 is 0. The van der Waals surface area contributed by atoms with Gasteiger partial charge in [-0.2, -0.15) is 0 Å². The van der Waals surface area contributed by atoms with Crippen LogP contribution in [-0.2, 0) is 11.3 Å². The second kappa shape index (κ2) is 7.24. The first-order valence-corrected chi connectivity index (χ1v) is 9.96. The summed E-state index contributed by atoms with van der Waals surface area (Å²) in [6.07, 6.45) is 8.62. The Bertz CT molecular complexity index is 628. The second-order valence-corrected chi connectivity index (χ2v) is 8.75. The van der Waals surface area contributed by atoms with Gasteiger partial charge in [-0.25, -0.2) is 9.97 Å². The van der Waals surface area contributed by atoms with Gasteiger partial charge in [0.05, 0.1) is 0 Å². The number of carbonyl (C=O) groups is 1. The van der Waals surface area contributed by atoms with Gasteiger partial charge in [0.2, 0.25) is 5.95 Å². The van der Waals surface area contributed by atoms with E-state index in [-0.39, 0.29) is 0 Å². The quantitative estimate of drug-likeness (QED) is 0.774. The lowest BCUT2D eigenvalue weighted by Crippen LogP contribution is -2.53. The Balaban J connectivity index is 1.30. The molecular weight excluding hydrogens is 326 g/mol. The van der Waals surface area contributed by atoms with Crippen LogP contribution in [0.15, 0.2) is 12.4 Å². The molecule has 6 heteroatoms. The molecule has 0 spiro atoms. The van der Waals surface area contributed by atoms with E-state index < -0.39 is 0 Å². The van der Waals surface area contributed by atoms with Gasteiger partial charge >= 0.3 is 0 Å². The van der Waals surface area contributed by atoms with Gasteiger partial charge in [-0.15, -0.1) is 0 Å². The number of fused-ring (bicyclic) bond motifs is 2. The van der Waals surface area contributed by atoms with Crippen molar-refractivity contribution in [3.63, 3.8) is 0 Å². The van der Waals surface area contributed by atoms with Crippen molar-refractivity contribution < 1.29 is 4.79 Å². The standard InChI is InChI=1S/C20H31N5O/c1-14(26)17-6-15(7-17)10-23(2)11-16-8-21-20(22-9-16)25-18-4-5-19(25)13-24(3)12-18/h8-9,15,17-19H,4-7,10-13H2,1-3H3/t15-,17+,18?,19?. The number of nitrogens with zero attached hydrogens (tertiary/aromatic N) is 5. The number of Topliss-reactive ketones (excluding diaryl/α,β-unsaturated/α-hetero) is 1. The van der Waals surface area contributed by atoms with Gasteiger partial charge in [0.1, 0.15) is 5.78 Å². The molecule has 4 rings (SSSR count). The summed E-state index contributed by atoms with van der Waals surface area (Å²) in [5.74, 6) is 2.23. The number of likely N-dealkylation sites (N-methyl/N-ethyl adjacent to an activating group) is 1. The highest BCUT2D eigenvalue weighted by molar-refractivity contribution is 5.79. The summed E-state index contributed by atoms with van der Waals surface area (Å²) in [5, 5.41) is 0. The first-order chi connectivity index (χ1) is 12.5. The van der Waals surface area contributed by atoms with Crippen LogP contribution >= 0.6 is 0 Å². The number of hydrogen-bond donors (Lipinski definition) is 0. The largest absolute Gasteiger partial charge is 0.332 e. The van der Waals surface area contributed by atoms with E-state index in [1.807, 2.05) is 12.4 Å². The average Bonchev–Trinajstić information content (AvgIpc) is 2.82. The lowest BCUT2D eigenvalue weighted by atomic mass is 9.73. The van der Waals surface area contributed by atoms with Crippen LogP contribution in [0.3, 0.4) is 0 Å². The van der Waals surface area contributed by atoms with E-state index in [1.165, 1.54) is 18.4 Å². The molecule has 26 heavy (non-hydrogen) atoms. The number of likely N-dealkylation sites (tertiary alicyclic amines) is 1. The number of piperazine rings is 1. The Morgan fingerprint density at radius 3 is 2.38 bits per heavy atom. The van der Waals surface area contributed by atoms with Crippen molar-refractivity contribution in [2.75, 3.05) is 38.6 Å². The second-order valence-electron chi connectivity index (χ2n) is 8.75. The van der Waals surface area contributed by atoms with Gasteiger partial charge in [0.15, 0.2) is 0 Å². The zero-order valence-corrected chi connectivity index (χ0v) is 16.3. The molecule has 0 amide bonds. The van der Waals surface area contributed by atoms with E-state index in [4.69, 9.17) is 9.97 Å². The van der Waals surface area contributed by atoms with E-state index in [0.29, 0.717) is 29.7 Å². The zero-order chi connectivity index (χ0) is 18.3. The fraction of sp³-hybridized carbons (Fsp3) is 0.750. The smallest absolute Gasteiger partial charge is 0.225 e. The molecule has 3 aliphatic rings. The summed E-state index contributed by atoms with van der Waals surface area (Å²) in [7, 11) is 4.36. The minimum atomic E-state index is 0.315. The number of anilines is 1. The van der Waals surface area contributed by atoms with Crippen molar-refractivity contribution in [1.82, 2.24) is 19.8 Å². The first-order valence-electron chi connectivity index (χ1n) is 9.96. The fourth-order valence-electron chi connectivity index (χ4n) is 5.04. The number of aromatic nitrogens is 2. The van der Waals surface area contributed by atoms with Gasteiger partial charge in [-0.3, -0.25) is 4.79 Å². The van der Waals surface area contributed by atoms with Crippen LogP contribution < -0.4 is 4.90 Å². The lowest BCUT2D eigenvalue weighted by molar-refractivity contribution is -0.124. The molecule has 1 aliphatic carbocycles. The van der Waals surface area contributed by atoms with Crippen LogP contribution in [0.25, 0.3) is 0 Å². The number of carbonyl (C=O) groups excluding carboxylic acids is 1. The Morgan fingerprint density at radius 2 is 1.81 bits per heavy atom. The zero-order valence-electron chi connectivity index (χ0n) is 16.3. The van der Waals surface area contributed by atoms with Crippen LogP contribution in [0.1, 0.15) is 38.2 Å². The normalized spacial score (nSPS) is 31.3. The molecule has 1 aromatic heterocycles. The Labute approximate surface area is 156 Å². The van der Waals surface area contributed by atoms with E-state index in [2.05, 4.69) is 28.8 Å². The Kier molecular flexibility index (Phi) is 4.97. The fourth-order valence-corrected chi connectivity index (χ4v) is 5.04. The van der Waals surface area contributed by atoms with Crippen LogP contribution in [0, 0.1) is 11.8 Å². The van der Waals surface area contributed by atoms with E-state index in [1.54, 1.807) is 6.92 Å². The molecule has 0 aromatic carbocycles. The number of rotatable bonds is 6. The van der Waals surface area contributed by atoms with Gasteiger partial charge in [-0.1, -0.05) is 0 Å². The van der Waals surface area contributed by atoms with Crippen LogP contribution in [0.4, 0.5) is 5.95 Å². The van der Waals surface area contributed by atoms with Crippen molar-refractivity contribution in [3.05, 3.63) is 18.0 Å². The molecule has 2 unspecified atom stereocenters. The Morgan fingerprint density at radius 1 is 1.19 bits per heavy atom. The summed E-state index contributed by atoms with van der Waals surface area (Å²) in [6, 6.07) is 1.14. The molecule has 3 fully saturated rings. The molecule has 0 radical (unpaired) electrons. The minimum Gasteiger partial charge on any atom is -0.332 e. The highest BCUT2D eigenvalue weighted by Gasteiger charge is 2.40. The van der Waals surface area contributed by atoms with Crippen molar-refractivity contribution in [2.45, 2.75) is 51.2 Å². The predicted octanol–water partition coefficient (Wildman–Crippen LogP) is 1.81. The van der Waals surface area contributed by atoms with Crippen LogP contribution in [0.5, 0.6) is 0 Å². The molecule has 2 saturated heterocycles. The highest BCUT2D eigenvalue weighted by atomic mass is 16.1. The van der Waals surface area contributed by atoms with Gasteiger partial charge in [0, 0.05) is 62.1 Å². The summed E-state index contributed by atoms with van der Waals surface area (Å²) >= 11 is 0. The third-order valence-corrected chi connectivity index (χ3v) is 6.42. The average molecular weight is 358 g/mol. The van der Waals surface area contributed by atoms with Gasteiger partial charge in [0.25, 0.3) is 0 Å². The van der Waals surface area contributed by atoms with E-state index in [0.717, 1.165) is 45.0 Å². The van der Waals surface area contributed by atoms with Crippen molar-refractivity contribution in [1.29, 1.82) is 0 Å². The summed E-state index contributed by atoms with van der Waals surface area (Å²) in [5.41, 5.74) is 1.17. The molecule has 1 aromatic rings. The highest BCUT2D eigenvalue weighted by Crippen LogP contribution is 2.35. The van der Waals surface area contributed by atoms with Crippen molar-refractivity contribution in [2.24, 2.45) is 11.8 Å².